The number of aromatic nitrogens is 3. The van der Waals surface area contributed by atoms with Crippen LogP contribution in [-0.4, -0.2) is 35.3 Å². The Morgan fingerprint density at radius 3 is 2.69 bits per heavy atom. The van der Waals surface area contributed by atoms with E-state index in [1.807, 2.05) is 51.1 Å². The van der Waals surface area contributed by atoms with E-state index in [4.69, 9.17) is 9.47 Å². The second kappa shape index (κ2) is 10.8. The molecule has 3 rings (SSSR count). The summed E-state index contributed by atoms with van der Waals surface area (Å²) in [5, 5.41) is 0.906. The molecule has 26 heavy (non-hydrogen) atoms. The van der Waals surface area contributed by atoms with Gasteiger partial charge < -0.3 is 14.5 Å². The molecule has 1 N–H and O–H groups in total. The highest BCUT2D eigenvalue weighted by atomic mass is 32.2. The van der Waals surface area contributed by atoms with E-state index in [0.717, 1.165) is 45.4 Å². The van der Waals surface area contributed by atoms with Gasteiger partial charge in [-0.3, -0.25) is 4.98 Å². The fourth-order valence-electron chi connectivity index (χ4n) is 2.38. The van der Waals surface area contributed by atoms with E-state index in [1.54, 1.807) is 25.1 Å². The van der Waals surface area contributed by atoms with Crippen LogP contribution >= 0.6 is 11.8 Å². The van der Waals surface area contributed by atoms with Crippen LogP contribution in [0.3, 0.4) is 0 Å². The van der Waals surface area contributed by atoms with Crippen LogP contribution in [-0.2, 0) is 10.5 Å². The number of aromatic amines is 1. The van der Waals surface area contributed by atoms with Gasteiger partial charge in [0, 0.05) is 37.7 Å². The van der Waals surface area contributed by atoms with Gasteiger partial charge in [0.2, 0.25) is 0 Å². The lowest BCUT2D eigenvalue weighted by atomic mass is 10.2. The summed E-state index contributed by atoms with van der Waals surface area (Å²) >= 11 is 1.65. The molecule has 0 fully saturated rings. The van der Waals surface area contributed by atoms with E-state index >= 15 is 0 Å². The highest BCUT2D eigenvalue weighted by Gasteiger charge is 2.09. The standard InChI is InChI=1S/C18H21N3O2S.C2H6/c1-13-16(19-9-8-17(13)23-11-5-10-22-2)12-24-18-20-14-6-3-4-7-15(14)21-18;1-2/h3-4,6-9H,5,10-12H2,1-2H3,(H,20,21);1-2H3. The Morgan fingerprint density at radius 2 is 1.92 bits per heavy atom. The molecule has 2 aromatic heterocycles. The number of hydrogen-bond acceptors (Lipinski definition) is 5. The van der Waals surface area contributed by atoms with E-state index in [1.165, 1.54) is 0 Å². The molecule has 2 heterocycles. The lowest BCUT2D eigenvalue weighted by molar-refractivity contribution is 0.172. The molecule has 0 aliphatic heterocycles. The van der Waals surface area contributed by atoms with Crippen LogP contribution in [0.5, 0.6) is 5.75 Å². The number of thioether (sulfide) groups is 1. The number of para-hydroxylation sites is 2. The van der Waals surface area contributed by atoms with E-state index in [0.29, 0.717) is 13.2 Å². The number of hydrogen-bond donors (Lipinski definition) is 1. The average molecular weight is 374 g/mol. The zero-order chi connectivity index (χ0) is 18.8. The third-order valence-corrected chi connectivity index (χ3v) is 4.61. The molecule has 1 aromatic carbocycles. The molecule has 140 valence electrons. The molecule has 0 aliphatic carbocycles. The molecule has 6 heteroatoms. The Balaban J connectivity index is 0.00000117. The van der Waals surface area contributed by atoms with Gasteiger partial charge in [0.25, 0.3) is 0 Å². The molecule has 0 bridgehead atoms. The number of fused-ring (bicyclic) bond motifs is 1. The van der Waals surface area contributed by atoms with Gasteiger partial charge in [0.1, 0.15) is 5.75 Å². The molecule has 0 saturated carbocycles. The van der Waals surface area contributed by atoms with Crippen LogP contribution in [0.4, 0.5) is 0 Å². The summed E-state index contributed by atoms with van der Waals surface area (Å²) in [7, 11) is 1.70. The first-order valence-electron chi connectivity index (χ1n) is 8.91. The quantitative estimate of drug-likeness (QED) is 0.445. The molecule has 0 unspecified atom stereocenters. The third kappa shape index (κ3) is 5.47. The molecule has 0 amide bonds. The fraction of sp³-hybridized carbons (Fsp3) is 0.400. The van der Waals surface area contributed by atoms with Crippen molar-refractivity contribution in [2.45, 2.75) is 38.1 Å². The van der Waals surface area contributed by atoms with E-state index in [-0.39, 0.29) is 0 Å². The predicted octanol–water partition coefficient (Wildman–Crippen LogP) is 5.00. The van der Waals surface area contributed by atoms with Crippen LogP contribution in [0.15, 0.2) is 41.7 Å². The second-order valence-corrected chi connectivity index (χ2v) is 6.39. The largest absolute Gasteiger partial charge is 0.493 e. The molecule has 0 spiro atoms. The maximum Gasteiger partial charge on any atom is 0.166 e. The van der Waals surface area contributed by atoms with Crippen molar-refractivity contribution in [2.75, 3.05) is 20.3 Å². The number of H-pyrrole nitrogens is 1. The number of nitrogens with one attached hydrogen (secondary N) is 1. The van der Waals surface area contributed by atoms with Crippen LogP contribution in [0.2, 0.25) is 0 Å². The van der Waals surface area contributed by atoms with E-state index < -0.39 is 0 Å². The maximum atomic E-state index is 5.83. The minimum absolute atomic E-state index is 0.648. The van der Waals surface area contributed by atoms with Gasteiger partial charge in [-0.2, -0.15) is 0 Å². The number of imidazole rings is 1. The fourth-order valence-corrected chi connectivity index (χ4v) is 3.29. The monoisotopic (exact) mass is 373 g/mol. The predicted molar refractivity (Wildman–Crippen MR) is 108 cm³/mol. The number of pyridine rings is 1. The van der Waals surface area contributed by atoms with Crippen molar-refractivity contribution in [3.8, 4) is 5.75 Å². The van der Waals surface area contributed by atoms with Gasteiger partial charge in [-0.25, -0.2) is 4.98 Å². The zero-order valence-corrected chi connectivity index (χ0v) is 16.7. The van der Waals surface area contributed by atoms with Gasteiger partial charge in [0.05, 0.1) is 23.3 Å². The van der Waals surface area contributed by atoms with Crippen LogP contribution in [0, 0.1) is 6.92 Å². The molecule has 0 aliphatic rings. The molecule has 5 nitrogen and oxygen atoms in total. The highest BCUT2D eigenvalue weighted by Crippen LogP contribution is 2.27. The lowest BCUT2D eigenvalue weighted by Crippen LogP contribution is -2.04. The summed E-state index contributed by atoms with van der Waals surface area (Å²) in [6, 6.07) is 9.95. The first kappa shape index (κ1) is 20.3. The van der Waals surface area contributed by atoms with Crippen LogP contribution in [0.25, 0.3) is 11.0 Å². The number of benzene rings is 1. The number of ether oxygens (including phenoxy) is 2. The number of methoxy groups -OCH3 is 1. The Bertz CT molecular complexity index is 772. The van der Waals surface area contributed by atoms with Crippen molar-refractivity contribution in [3.63, 3.8) is 0 Å². The van der Waals surface area contributed by atoms with Crippen molar-refractivity contribution in [3.05, 3.63) is 47.8 Å². The number of nitrogens with zero attached hydrogens (tertiary/aromatic N) is 2. The van der Waals surface area contributed by atoms with Gasteiger partial charge in [-0.05, 0) is 25.1 Å². The molecule has 0 saturated heterocycles. The van der Waals surface area contributed by atoms with Crippen molar-refractivity contribution in [2.24, 2.45) is 0 Å². The molecule has 0 radical (unpaired) electrons. The number of rotatable bonds is 8. The Kier molecular flexibility index (Phi) is 8.44. The molecular weight excluding hydrogens is 346 g/mol. The summed E-state index contributed by atoms with van der Waals surface area (Å²) in [6.07, 6.45) is 2.68. The smallest absolute Gasteiger partial charge is 0.166 e. The second-order valence-electron chi connectivity index (χ2n) is 5.42. The Morgan fingerprint density at radius 1 is 1.12 bits per heavy atom. The van der Waals surface area contributed by atoms with Crippen LogP contribution in [0.1, 0.15) is 31.5 Å². The minimum Gasteiger partial charge on any atom is -0.493 e. The third-order valence-electron chi connectivity index (χ3n) is 3.72. The summed E-state index contributed by atoms with van der Waals surface area (Å²) in [5.74, 6) is 1.64. The highest BCUT2D eigenvalue weighted by molar-refractivity contribution is 7.98. The van der Waals surface area contributed by atoms with E-state index in [2.05, 4.69) is 15.0 Å². The summed E-state index contributed by atoms with van der Waals surface area (Å²) in [5.41, 5.74) is 4.14. The van der Waals surface area contributed by atoms with Gasteiger partial charge in [0.15, 0.2) is 5.16 Å². The first-order valence-corrected chi connectivity index (χ1v) is 9.90. The molecular formula is C20H27N3O2S. The summed E-state index contributed by atoms with van der Waals surface area (Å²) in [4.78, 5) is 12.4. The van der Waals surface area contributed by atoms with Gasteiger partial charge >= 0.3 is 0 Å². The van der Waals surface area contributed by atoms with Crippen molar-refractivity contribution < 1.29 is 9.47 Å². The van der Waals surface area contributed by atoms with Crippen molar-refractivity contribution in [1.29, 1.82) is 0 Å². The molecule has 3 aromatic rings. The van der Waals surface area contributed by atoms with Crippen LogP contribution < -0.4 is 4.74 Å². The Labute approximate surface area is 159 Å². The lowest BCUT2D eigenvalue weighted by Gasteiger charge is -2.11. The maximum absolute atomic E-state index is 5.83. The summed E-state index contributed by atoms with van der Waals surface area (Å²) < 4.78 is 10.9. The zero-order valence-electron chi connectivity index (χ0n) is 15.9. The average Bonchev–Trinajstić information content (AvgIpc) is 3.10. The van der Waals surface area contributed by atoms with Gasteiger partial charge in [-0.1, -0.05) is 37.7 Å². The van der Waals surface area contributed by atoms with E-state index in [9.17, 15) is 0 Å². The SMILES string of the molecule is CC.COCCCOc1ccnc(CSc2nc3ccccc3[nH]2)c1C. The topological polar surface area (TPSA) is 60.0 Å². The minimum atomic E-state index is 0.648. The summed E-state index contributed by atoms with van der Waals surface area (Å²) in [6.45, 7) is 7.40. The normalized spacial score (nSPS) is 10.5. The first-order chi connectivity index (χ1) is 12.8. The Hall–Kier alpha value is -2.05. The van der Waals surface area contributed by atoms with Gasteiger partial charge in [-0.15, -0.1) is 0 Å². The van der Waals surface area contributed by atoms with Crippen molar-refractivity contribution in [1.82, 2.24) is 15.0 Å². The molecule has 0 atom stereocenters. The van der Waals surface area contributed by atoms with Crippen molar-refractivity contribution >= 4 is 22.8 Å².